The number of hydrogen-bond donors (Lipinski definition) is 0. The molecule has 0 saturated heterocycles. The highest BCUT2D eigenvalue weighted by molar-refractivity contribution is 7.10. The molecular weight excluding hydrogens is 302 g/mol. The van der Waals surface area contributed by atoms with Gasteiger partial charge in [-0.2, -0.15) is 0 Å². The molecular formula is C14H11ClF2N2S. The van der Waals surface area contributed by atoms with Crippen LogP contribution in [0, 0.1) is 11.6 Å². The van der Waals surface area contributed by atoms with Crippen LogP contribution in [0.4, 0.5) is 8.78 Å². The molecule has 0 aliphatic rings. The van der Waals surface area contributed by atoms with Crippen molar-refractivity contribution in [3.63, 3.8) is 0 Å². The zero-order valence-corrected chi connectivity index (χ0v) is 12.2. The SMILES string of the molecule is CC(c1cccs1)n1c(CCl)nc2c(F)cc(F)cc21. The van der Waals surface area contributed by atoms with Crippen LogP contribution in [0.5, 0.6) is 0 Å². The summed E-state index contributed by atoms with van der Waals surface area (Å²) in [6.45, 7) is 1.96. The van der Waals surface area contributed by atoms with Gasteiger partial charge in [-0.1, -0.05) is 6.07 Å². The fraction of sp³-hybridized carbons (Fsp3) is 0.214. The number of rotatable bonds is 3. The summed E-state index contributed by atoms with van der Waals surface area (Å²) >= 11 is 7.49. The standard InChI is InChI=1S/C14H11ClF2N2S/c1-8(12-3-2-4-20-12)19-11-6-9(16)5-10(17)14(11)18-13(19)7-15/h2-6,8H,7H2,1H3. The fourth-order valence-corrected chi connectivity index (χ4v) is 3.31. The molecule has 3 rings (SSSR count). The molecule has 2 aromatic heterocycles. The minimum Gasteiger partial charge on any atom is -0.319 e. The summed E-state index contributed by atoms with van der Waals surface area (Å²) in [6.07, 6.45) is 0. The molecule has 0 spiro atoms. The van der Waals surface area contributed by atoms with Gasteiger partial charge in [0.25, 0.3) is 0 Å². The van der Waals surface area contributed by atoms with Crippen molar-refractivity contribution >= 4 is 34.0 Å². The van der Waals surface area contributed by atoms with Crippen LogP contribution in [0.1, 0.15) is 23.7 Å². The summed E-state index contributed by atoms with van der Waals surface area (Å²) in [6, 6.07) is 5.99. The molecule has 0 N–H and O–H groups in total. The predicted octanol–water partition coefficient (Wildman–Crippen LogP) is 4.72. The minimum atomic E-state index is -0.663. The van der Waals surface area contributed by atoms with Gasteiger partial charge < -0.3 is 4.57 Å². The Morgan fingerprint density at radius 3 is 2.85 bits per heavy atom. The molecule has 1 unspecified atom stereocenters. The maximum absolute atomic E-state index is 13.8. The monoisotopic (exact) mass is 312 g/mol. The lowest BCUT2D eigenvalue weighted by Crippen LogP contribution is -2.08. The summed E-state index contributed by atoms with van der Waals surface area (Å²) < 4.78 is 29.1. The lowest BCUT2D eigenvalue weighted by atomic mass is 10.2. The zero-order valence-electron chi connectivity index (χ0n) is 10.6. The number of benzene rings is 1. The first kappa shape index (κ1) is 13.5. The fourth-order valence-electron chi connectivity index (χ4n) is 2.35. The Morgan fingerprint density at radius 2 is 2.20 bits per heavy atom. The maximum atomic E-state index is 13.8. The summed E-state index contributed by atoms with van der Waals surface area (Å²) in [5.41, 5.74) is 0.588. The van der Waals surface area contributed by atoms with Gasteiger partial charge in [0.15, 0.2) is 5.82 Å². The zero-order chi connectivity index (χ0) is 14.3. The van der Waals surface area contributed by atoms with Gasteiger partial charge in [-0.25, -0.2) is 13.8 Å². The van der Waals surface area contributed by atoms with Gasteiger partial charge in [0.05, 0.1) is 17.4 Å². The Balaban J connectivity index is 2.27. The van der Waals surface area contributed by atoms with E-state index < -0.39 is 11.6 Å². The van der Waals surface area contributed by atoms with E-state index in [1.54, 1.807) is 15.9 Å². The largest absolute Gasteiger partial charge is 0.319 e. The van der Waals surface area contributed by atoms with Crippen molar-refractivity contribution in [1.29, 1.82) is 0 Å². The van der Waals surface area contributed by atoms with Crippen LogP contribution in [0.2, 0.25) is 0 Å². The average Bonchev–Trinajstić information content (AvgIpc) is 3.04. The van der Waals surface area contributed by atoms with Crippen LogP contribution in [0.15, 0.2) is 29.6 Å². The Morgan fingerprint density at radius 1 is 1.40 bits per heavy atom. The van der Waals surface area contributed by atoms with Gasteiger partial charge in [-0.05, 0) is 18.4 Å². The maximum Gasteiger partial charge on any atom is 0.153 e. The number of imidazole rings is 1. The molecule has 2 nitrogen and oxygen atoms in total. The Kier molecular flexibility index (Phi) is 3.48. The molecule has 0 bridgehead atoms. The molecule has 0 saturated carbocycles. The van der Waals surface area contributed by atoms with E-state index in [4.69, 9.17) is 11.6 Å². The third-order valence-corrected chi connectivity index (χ3v) is 4.53. The third-order valence-electron chi connectivity index (χ3n) is 3.25. The Bertz CT molecular complexity index is 752. The summed E-state index contributed by atoms with van der Waals surface area (Å²) in [7, 11) is 0. The van der Waals surface area contributed by atoms with E-state index in [1.165, 1.54) is 6.07 Å². The number of halogens is 3. The second-order valence-corrected chi connectivity index (χ2v) is 5.72. The number of nitrogens with zero attached hydrogens (tertiary/aromatic N) is 2. The van der Waals surface area contributed by atoms with E-state index in [9.17, 15) is 8.78 Å². The summed E-state index contributed by atoms with van der Waals surface area (Å²) in [5, 5.41) is 1.96. The van der Waals surface area contributed by atoms with Crippen molar-refractivity contribution in [3.8, 4) is 0 Å². The van der Waals surface area contributed by atoms with E-state index in [-0.39, 0.29) is 17.4 Å². The van der Waals surface area contributed by atoms with Crippen LogP contribution in [0.25, 0.3) is 11.0 Å². The molecule has 104 valence electrons. The first-order chi connectivity index (χ1) is 9.61. The molecule has 1 aromatic carbocycles. The topological polar surface area (TPSA) is 17.8 Å². The first-order valence-corrected chi connectivity index (χ1v) is 7.48. The minimum absolute atomic E-state index is 0.0741. The van der Waals surface area contributed by atoms with Crippen molar-refractivity contribution in [3.05, 3.63) is 52.0 Å². The average molecular weight is 313 g/mol. The molecule has 0 aliphatic carbocycles. The molecule has 3 aromatic rings. The van der Waals surface area contributed by atoms with Gasteiger partial charge in [0.1, 0.15) is 17.2 Å². The smallest absolute Gasteiger partial charge is 0.153 e. The number of alkyl halides is 1. The lowest BCUT2D eigenvalue weighted by Gasteiger charge is -2.15. The number of thiophene rings is 1. The third kappa shape index (κ3) is 2.11. The van der Waals surface area contributed by atoms with Crippen LogP contribution >= 0.6 is 22.9 Å². The van der Waals surface area contributed by atoms with Crippen molar-refractivity contribution < 1.29 is 8.78 Å². The van der Waals surface area contributed by atoms with Crippen LogP contribution in [-0.4, -0.2) is 9.55 Å². The summed E-state index contributed by atoms with van der Waals surface area (Å²) in [4.78, 5) is 5.28. The highest BCUT2D eigenvalue weighted by atomic mass is 35.5. The molecule has 2 heterocycles. The molecule has 0 fully saturated rings. The number of hydrogen-bond acceptors (Lipinski definition) is 2. The quantitative estimate of drug-likeness (QED) is 0.640. The van der Waals surface area contributed by atoms with Crippen LogP contribution < -0.4 is 0 Å². The summed E-state index contributed by atoms with van der Waals surface area (Å²) in [5.74, 6) is -0.600. The lowest BCUT2D eigenvalue weighted by molar-refractivity contribution is 0.588. The Hall–Kier alpha value is -1.46. The van der Waals surface area contributed by atoms with Gasteiger partial charge in [-0.15, -0.1) is 22.9 Å². The van der Waals surface area contributed by atoms with E-state index in [0.29, 0.717) is 11.3 Å². The molecule has 20 heavy (non-hydrogen) atoms. The highest BCUT2D eigenvalue weighted by Crippen LogP contribution is 2.30. The molecule has 1 atom stereocenters. The van der Waals surface area contributed by atoms with E-state index in [1.807, 2.05) is 24.4 Å². The molecule has 6 heteroatoms. The number of aromatic nitrogens is 2. The van der Waals surface area contributed by atoms with Crippen LogP contribution in [0.3, 0.4) is 0 Å². The van der Waals surface area contributed by atoms with E-state index in [2.05, 4.69) is 4.98 Å². The second kappa shape index (κ2) is 5.14. The van der Waals surface area contributed by atoms with Gasteiger partial charge in [0.2, 0.25) is 0 Å². The van der Waals surface area contributed by atoms with E-state index in [0.717, 1.165) is 10.9 Å². The van der Waals surface area contributed by atoms with Crippen molar-refractivity contribution in [2.24, 2.45) is 0 Å². The Labute approximate surface area is 123 Å². The van der Waals surface area contributed by atoms with Crippen molar-refractivity contribution in [2.45, 2.75) is 18.8 Å². The second-order valence-electron chi connectivity index (χ2n) is 4.48. The number of fused-ring (bicyclic) bond motifs is 1. The van der Waals surface area contributed by atoms with Gasteiger partial charge in [0, 0.05) is 17.0 Å². The van der Waals surface area contributed by atoms with E-state index >= 15 is 0 Å². The van der Waals surface area contributed by atoms with Crippen LogP contribution in [-0.2, 0) is 5.88 Å². The first-order valence-electron chi connectivity index (χ1n) is 6.07. The van der Waals surface area contributed by atoms with Gasteiger partial charge in [-0.3, -0.25) is 0 Å². The molecule has 0 radical (unpaired) electrons. The molecule has 0 amide bonds. The predicted molar refractivity (Wildman–Crippen MR) is 77.3 cm³/mol. The normalized spacial score (nSPS) is 13.0. The van der Waals surface area contributed by atoms with Crippen molar-refractivity contribution in [1.82, 2.24) is 9.55 Å². The van der Waals surface area contributed by atoms with Gasteiger partial charge >= 0.3 is 0 Å². The highest BCUT2D eigenvalue weighted by Gasteiger charge is 2.20. The van der Waals surface area contributed by atoms with Crippen molar-refractivity contribution in [2.75, 3.05) is 0 Å². The molecule has 0 aliphatic heterocycles.